The predicted octanol–water partition coefficient (Wildman–Crippen LogP) is 3.40. The van der Waals surface area contributed by atoms with Crippen LogP contribution in [0, 0.1) is 44.4 Å². The highest BCUT2D eigenvalue weighted by Gasteiger charge is 2.26. The summed E-state index contributed by atoms with van der Waals surface area (Å²) in [5.41, 5.74) is 9.38. The van der Waals surface area contributed by atoms with Gasteiger partial charge in [0.25, 0.3) is 0 Å². The van der Waals surface area contributed by atoms with Gasteiger partial charge in [-0.3, -0.25) is 4.79 Å². The quantitative estimate of drug-likeness (QED) is 0.468. The lowest BCUT2D eigenvalue weighted by atomic mass is 9.94. The summed E-state index contributed by atoms with van der Waals surface area (Å²) in [5.74, 6) is 2.65. The van der Waals surface area contributed by atoms with Crippen molar-refractivity contribution in [3.63, 3.8) is 0 Å². The smallest absolute Gasteiger partial charge is 0.210 e. The molecule has 3 aromatic rings. The SMILES string of the molecule is C#Cc1cc(C)c(-c2c(C3=CNCC3)c3c(C)ncnc3n2C)c(C)n1.N#CC1CCCN1C=O. The lowest BCUT2D eigenvalue weighted by molar-refractivity contribution is -0.118. The van der Waals surface area contributed by atoms with Crippen molar-refractivity contribution >= 4 is 23.0 Å². The monoisotopic (exact) mass is 467 g/mol. The minimum atomic E-state index is -0.150. The van der Waals surface area contributed by atoms with E-state index in [1.807, 2.05) is 19.9 Å². The Morgan fingerprint density at radius 3 is 2.63 bits per heavy atom. The number of terminal acetylenes is 1. The van der Waals surface area contributed by atoms with Crippen LogP contribution in [0.15, 0.2) is 18.6 Å². The third kappa shape index (κ3) is 4.36. The first-order valence-corrected chi connectivity index (χ1v) is 11.7. The Labute approximate surface area is 205 Å². The number of hydrogen-bond donors (Lipinski definition) is 1. The highest BCUT2D eigenvalue weighted by molar-refractivity contribution is 6.01. The van der Waals surface area contributed by atoms with Crippen LogP contribution in [0.1, 0.15) is 47.5 Å². The number of fused-ring (bicyclic) bond motifs is 1. The van der Waals surface area contributed by atoms with Gasteiger partial charge < -0.3 is 14.8 Å². The number of aryl methyl sites for hydroxylation is 4. The van der Waals surface area contributed by atoms with Crippen LogP contribution in [0.2, 0.25) is 0 Å². The number of hydrogen-bond acceptors (Lipinski definition) is 6. The van der Waals surface area contributed by atoms with E-state index in [4.69, 9.17) is 11.7 Å². The second-order valence-electron chi connectivity index (χ2n) is 8.87. The molecule has 2 aliphatic heterocycles. The summed E-state index contributed by atoms with van der Waals surface area (Å²) in [6, 6.07) is 3.88. The van der Waals surface area contributed by atoms with Crippen molar-refractivity contribution < 1.29 is 4.79 Å². The molecule has 0 bridgehead atoms. The number of nitriles is 1. The molecule has 8 nitrogen and oxygen atoms in total. The number of nitrogens with zero attached hydrogens (tertiary/aromatic N) is 6. The summed E-state index contributed by atoms with van der Waals surface area (Å²) in [6.07, 6.45) is 12.8. The van der Waals surface area contributed by atoms with Gasteiger partial charge in [-0.05, 0) is 57.2 Å². The average molecular weight is 468 g/mol. The van der Waals surface area contributed by atoms with Gasteiger partial charge in [-0.25, -0.2) is 15.0 Å². The Morgan fingerprint density at radius 1 is 1.23 bits per heavy atom. The summed E-state index contributed by atoms with van der Waals surface area (Å²) in [6.45, 7) is 7.85. The van der Waals surface area contributed by atoms with E-state index >= 15 is 0 Å². The minimum absolute atomic E-state index is 0.150. The van der Waals surface area contributed by atoms with Crippen LogP contribution < -0.4 is 5.32 Å². The van der Waals surface area contributed by atoms with Gasteiger partial charge in [0.05, 0.1) is 17.5 Å². The first kappa shape index (κ1) is 24.0. The molecule has 1 saturated heterocycles. The van der Waals surface area contributed by atoms with Gasteiger partial charge in [-0.2, -0.15) is 5.26 Å². The van der Waals surface area contributed by atoms with Crippen LogP contribution in [0.3, 0.4) is 0 Å². The molecular weight excluding hydrogens is 438 g/mol. The van der Waals surface area contributed by atoms with Gasteiger partial charge >= 0.3 is 0 Å². The maximum absolute atomic E-state index is 10.2. The molecule has 1 unspecified atom stereocenters. The number of likely N-dealkylation sites (tertiary alicyclic amines) is 1. The van der Waals surface area contributed by atoms with Gasteiger partial charge in [0, 0.05) is 48.5 Å². The Morgan fingerprint density at radius 2 is 2.03 bits per heavy atom. The predicted molar refractivity (Wildman–Crippen MR) is 136 cm³/mol. The van der Waals surface area contributed by atoms with Crippen molar-refractivity contribution in [3.8, 4) is 29.7 Å². The third-order valence-corrected chi connectivity index (χ3v) is 6.65. The molecule has 1 atom stereocenters. The molecule has 1 amide bonds. The second-order valence-corrected chi connectivity index (χ2v) is 8.87. The van der Waals surface area contributed by atoms with E-state index in [1.54, 1.807) is 11.2 Å². The zero-order chi connectivity index (χ0) is 25.1. The zero-order valence-corrected chi connectivity index (χ0v) is 20.6. The Bertz CT molecular complexity index is 1380. The van der Waals surface area contributed by atoms with Gasteiger partial charge in [0.15, 0.2) is 0 Å². The molecule has 178 valence electrons. The first-order chi connectivity index (χ1) is 16.9. The van der Waals surface area contributed by atoms with Crippen molar-refractivity contribution in [3.05, 3.63) is 46.8 Å². The van der Waals surface area contributed by atoms with Crippen LogP contribution in [0.25, 0.3) is 27.9 Å². The molecule has 0 aliphatic carbocycles. The highest BCUT2D eigenvalue weighted by atomic mass is 16.1. The van der Waals surface area contributed by atoms with E-state index in [-0.39, 0.29) is 6.04 Å². The van der Waals surface area contributed by atoms with Crippen LogP contribution >= 0.6 is 0 Å². The van der Waals surface area contributed by atoms with Crippen molar-refractivity contribution in [2.45, 2.75) is 46.1 Å². The molecule has 3 aromatic heterocycles. The lowest BCUT2D eigenvalue weighted by Crippen LogP contribution is -2.25. The van der Waals surface area contributed by atoms with Crippen molar-refractivity contribution in [1.82, 2.24) is 29.7 Å². The van der Waals surface area contributed by atoms with Crippen LogP contribution in [-0.2, 0) is 11.8 Å². The molecule has 2 aliphatic rings. The summed E-state index contributed by atoms with van der Waals surface area (Å²) < 4.78 is 2.16. The molecule has 0 aromatic carbocycles. The number of nitrogens with one attached hydrogen (secondary N) is 1. The highest BCUT2D eigenvalue weighted by Crippen LogP contribution is 2.41. The molecular formula is C27H29N7O. The van der Waals surface area contributed by atoms with Crippen molar-refractivity contribution in [2.24, 2.45) is 7.05 Å². The van der Waals surface area contributed by atoms with Crippen LogP contribution in [0.4, 0.5) is 0 Å². The number of pyridine rings is 1. The summed E-state index contributed by atoms with van der Waals surface area (Å²) in [5, 5.41) is 12.9. The molecule has 1 fully saturated rings. The van der Waals surface area contributed by atoms with Crippen LogP contribution in [0.5, 0.6) is 0 Å². The van der Waals surface area contributed by atoms with E-state index in [9.17, 15) is 4.79 Å². The van der Waals surface area contributed by atoms with E-state index in [0.717, 1.165) is 78.0 Å². The summed E-state index contributed by atoms with van der Waals surface area (Å²) in [7, 11) is 2.06. The number of carbonyl (C=O) groups excluding carboxylic acids is 1. The molecule has 1 N–H and O–H groups in total. The zero-order valence-electron chi connectivity index (χ0n) is 20.6. The van der Waals surface area contributed by atoms with Crippen LogP contribution in [-0.4, -0.2) is 50.0 Å². The van der Waals surface area contributed by atoms with E-state index in [0.29, 0.717) is 5.69 Å². The van der Waals surface area contributed by atoms with E-state index < -0.39 is 0 Å². The number of rotatable bonds is 3. The molecule has 0 spiro atoms. The van der Waals surface area contributed by atoms with Gasteiger partial charge in [-0.1, -0.05) is 5.92 Å². The molecule has 8 heteroatoms. The number of carbonyl (C=O) groups is 1. The normalized spacial score (nSPS) is 16.7. The molecule has 0 saturated carbocycles. The summed E-state index contributed by atoms with van der Waals surface area (Å²) in [4.78, 5) is 25.3. The molecule has 5 heterocycles. The van der Waals surface area contributed by atoms with Crippen molar-refractivity contribution in [1.29, 1.82) is 5.26 Å². The third-order valence-electron chi connectivity index (χ3n) is 6.65. The fourth-order valence-electron chi connectivity index (χ4n) is 4.99. The first-order valence-electron chi connectivity index (χ1n) is 11.7. The molecule has 35 heavy (non-hydrogen) atoms. The number of aromatic nitrogens is 4. The van der Waals surface area contributed by atoms with Gasteiger partial charge in [0.1, 0.15) is 23.7 Å². The van der Waals surface area contributed by atoms with Gasteiger partial charge in [0.2, 0.25) is 6.41 Å². The second kappa shape index (κ2) is 9.99. The number of amides is 1. The Kier molecular flexibility index (Phi) is 6.84. The average Bonchev–Trinajstić information content (AvgIpc) is 3.59. The Hall–Kier alpha value is -4.17. The van der Waals surface area contributed by atoms with E-state index in [2.05, 4.69) is 57.0 Å². The minimum Gasteiger partial charge on any atom is -0.390 e. The Balaban J connectivity index is 0.000000271. The van der Waals surface area contributed by atoms with Crippen molar-refractivity contribution in [2.75, 3.05) is 13.1 Å². The van der Waals surface area contributed by atoms with Gasteiger partial charge in [-0.15, -0.1) is 6.42 Å². The lowest BCUT2D eigenvalue weighted by Gasteiger charge is -2.14. The largest absolute Gasteiger partial charge is 0.390 e. The fourth-order valence-corrected chi connectivity index (χ4v) is 4.99. The standard InChI is InChI=1S/C21H21N5.C6H8N2O/c1-6-16-9-12(2)17(14(4)25-16)20-19(15-7-8-22-10-15)18-13(3)23-11-24-21(18)26(20)5;7-4-6-2-1-3-8(6)5-9/h1,9-11,22H,7-8H2,2-5H3;5-6H,1-3H2. The maximum atomic E-state index is 10.2. The molecule has 5 rings (SSSR count). The topological polar surface area (TPSA) is 99.7 Å². The maximum Gasteiger partial charge on any atom is 0.210 e. The molecule has 0 radical (unpaired) electrons. The summed E-state index contributed by atoms with van der Waals surface area (Å²) >= 11 is 0. The van der Waals surface area contributed by atoms with E-state index in [1.165, 1.54) is 11.1 Å². The fraction of sp³-hybridized carbons (Fsp3) is 0.370.